The van der Waals surface area contributed by atoms with Gasteiger partial charge in [-0.15, -0.1) is 0 Å². The number of fused-ring (bicyclic) bond motifs is 1. The standard InChI is InChI=1S/C13H17NO2/c1-9(2)7-10-8-16-12-6-4-3-5-11(12)13(15)14-10/h3-6,9-10H,7-8H2,1-2H3,(H,14,15). The second kappa shape index (κ2) is 4.56. The van der Waals surface area contributed by atoms with E-state index < -0.39 is 0 Å². The van der Waals surface area contributed by atoms with Gasteiger partial charge in [0, 0.05) is 0 Å². The topological polar surface area (TPSA) is 38.3 Å². The zero-order chi connectivity index (χ0) is 11.5. The Hall–Kier alpha value is -1.51. The average molecular weight is 219 g/mol. The number of benzene rings is 1. The number of nitrogens with one attached hydrogen (secondary N) is 1. The van der Waals surface area contributed by atoms with E-state index in [-0.39, 0.29) is 11.9 Å². The molecule has 1 aromatic carbocycles. The Morgan fingerprint density at radius 3 is 2.94 bits per heavy atom. The monoisotopic (exact) mass is 219 g/mol. The normalized spacial score (nSPS) is 19.7. The number of carbonyl (C=O) groups excluding carboxylic acids is 1. The maximum Gasteiger partial charge on any atom is 0.255 e. The Kier molecular flexibility index (Phi) is 3.13. The van der Waals surface area contributed by atoms with Gasteiger partial charge in [-0.05, 0) is 24.5 Å². The first-order valence-electron chi connectivity index (χ1n) is 5.69. The molecule has 1 amide bonds. The summed E-state index contributed by atoms with van der Waals surface area (Å²) in [5.74, 6) is 1.21. The highest BCUT2D eigenvalue weighted by Gasteiger charge is 2.22. The molecule has 2 rings (SSSR count). The summed E-state index contributed by atoms with van der Waals surface area (Å²) >= 11 is 0. The maximum atomic E-state index is 11.9. The minimum Gasteiger partial charge on any atom is -0.491 e. The number of amides is 1. The van der Waals surface area contributed by atoms with Gasteiger partial charge >= 0.3 is 0 Å². The summed E-state index contributed by atoms with van der Waals surface area (Å²) in [4.78, 5) is 11.9. The second-order valence-electron chi connectivity index (χ2n) is 4.61. The van der Waals surface area contributed by atoms with E-state index in [0.29, 0.717) is 23.8 Å². The van der Waals surface area contributed by atoms with Gasteiger partial charge in [-0.3, -0.25) is 4.79 Å². The molecule has 1 aliphatic heterocycles. The highest BCUT2D eigenvalue weighted by Crippen LogP contribution is 2.21. The lowest BCUT2D eigenvalue weighted by Crippen LogP contribution is -2.37. The summed E-state index contributed by atoms with van der Waals surface area (Å²) in [5, 5.41) is 3.00. The van der Waals surface area contributed by atoms with E-state index in [4.69, 9.17) is 4.74 Å². The molecule has 0 radical (unpaired) electrons. The molecule has 0 aliphatic carbocycles. The van der Waals surface area contributed by atoms with Gasteiger partial charge in [-0.1, -0.05) is 26.0 Å². The molecule has 1 aromatic rings. The van der Waals surface area contributed by atoms with Crippen LogP contribution >= 0.6 is 0 Å². The predicted molar refractivity (Wildman–Crippen MR) is 62.6 cm³/mol. The summed E-state index contributed by atoms with van der Waals surface area (Å²) in [7, 11) is 0. The molecule has 1 atom stereocenters. The van der Waals surface area contributed by atoms with Crippen molar-refractivity contribution in [2.45, 2.75) is 26.3 Å². The lowest BCUT2D eigenvalue weighted by Gasteiger charge is -2.17. The van der Waals surface area contributed by atoms with Crippen molar-refractivity contribution in [3.8, 4) is 5.75 Å². The molecular weight excluding hydrogens is 202 g/mol. The van der Waals surface area contributed by atoms with Crippen LogP contribution in [0.4, 0.5) is 0 Å². The van der Waals surface area contributed by atoms with E-state index in [9.17, 15) is 4.79 Å². The molecule has 1 N–H and O–H groups in total. The van der Waals surface area contributed by atoms with Crippen molar-refractivity contribution in [2.24, 2.45) is 5.92 Å². The van der Waals surface area contributed by atoms with Crippen molar-refractivity contribution < 1.29 is 9.53 Å². The van der Waals surface area contributed by atoms with Crippen molar-refractivity contribution in [3.05, 3.63) is 29.8 Å². The van der Waals surface area contributed by atoms with Crippen LogP contribution in [0.5, 0.6) is 5.75 Å². The molecule has 0 bridgehead atoms. The van der Waals surface area contributed by atoms with Gasteiger partial charge in [0.1, 0.15) is 12.4 Å². The first-order chi connectivity index (χ1) is 7.66. The van der Waals surface area contributed by atoms with Crippen molar-refractivity contribution in [3.63, 3.8) is 0 Å². The van der Waals surface area contributed by atoms with Gasteiger partial charge in [0.25, 0.3) is 5.91 Å². The third-order valence-corrected chi connectivity index (χ3v) is 2.66. The lowest BCUT2D eigenvalue weighted by molar-refractivity contribution is 0.0933. The second-order valence-corrected chi connectivity index (χ2v) is 4.61. The molecule has 1 unspecified atom stereocenters. The zero-order valence-corrected chi connectivity index (χ0v) is 9.69. The smallest absolute Gasteiger partial charge is 0.255 e. The Balaban J connectivity index is 2.16. The van der Waals surface area contributed by atoms with Gasteiger partial charge < -0.3 is 10.1 Å². The molecule has 0 saturated carbocycles. The van der Waals surface area contributed by atoms with E-state index in [0.717, 1.165) is 6.42 Å². The highest BCUT2D eigenvalue weighted by molar-refractivity contribution is 5.97. The van der Waals surface area contributed by atoms with Gasteiger partial charge in [0.15, 0.2) is 0 Å². The molecule has 0 spiro atoms. The largest absolute Gasteiger partial charge is 0.491 e. The SMILES string of the molecule is CC(C)CC1COc2ccccc2C(=O)N1. The first kappa shape index (κ1) is 11.0. The third-order valence-electron chi connectivity index (χ3n) is 2.66. The van der Waals surface area contributed by atoms with E-state index in [1.54, 1.807) is 6.07 Å². The van der Waals surface area contributed by atoms with Crippen molar-refractivity contribution in [2.75, 3.05) is 6.61 Å². The van der Waals surface area contributed by atoms with E-state index in [1.807, 2.05) is 18.2 Å². The van der Waals surface area contributed by atoms with Crippen LogP contribution in [0.15, 0.2) is 24.3 Å². The minimum atomic E-state index is -0.0289. The van der Waals surface area contributed by atoms with Crippen LogP contribution in [0.2, 0.25) is 0 Å². The summed E-state index contributed by atoms with van der Waals surface area (Å²) in [6.45, 7) is 4.84. The Labute approximate surface area is 95.8 Å². The van der Waals surface area contributed by atoms with Gasteiger partial charge in [-0.25, -0.2) is 0 Å². The van der Waals surface area contributed by atoms with Crippen molar-refractivity contribution in [1.29, 1.82) is 0 Å². The summed E-state index contributed by atoms with van der Waals surface area (Å²) in [6.07, 6.45) is 0.944. The molecule has 1 heterocycles. The first-order valence-corrected chi connectivity index (χ1v) is 5.69. The average Bonchev–Trinajstić information content (AvgIpc) is 2.39. The molecule has 3 nitrogen and oxygen atoms in total. The van der Waals surface area contributed by atoms with Gasteiger partial charge in [0.2, 0.25) is 0 Å². The van der Waals surface area contributed by atoms with E-state index >= 15 is 0 Å². The minimum absolute atomic E-state index is 0.0289. The summed E-state index contributed by atoms with van der Waals surface area (Å²) in [6, 6.07) is 7.48. The zero-order valence-electron chi connectivity index (χ0n) is 9.69. The van der Waals surface area contributed by atoms with Crippen LogP contribution in [-0.2, 0) is 0 Å². The maximum absolute atomic E-state index is 11.9. The van der Waals surface area contributed by atoms with E-state index in [2.05, 4.69) is 19.2 Å². The highest BCUT2D eigenvalue weighted by atomic mass is 16.5. The van der Waals surface area contributed by atoms with Crippen molar-refractivity contribution >= 4 is 5.91 Å². The van der Waals surface area contributed by atoms with Crippen LogP contribution in [-0.4, -0.2) is 18.6 Å². The molecular formula is C13H17NO2. The fourth-order valence-electron chi connectivity index (χ4n) is 1.97. The van der Waals surface area contributed by atoms with Gasteiger partial charge in [0.05, 0.1) is 11.6 Å². The molecule has 0 saturated heterocycles. The number of carbonyl (C=O) groups is 1. The Morgan fingerprint density at radius 2 is 2.19 bits per heavy atom. The van der Waals surface area contributed by atoms with Gasteiger partial charge in [-0.2, -0.15) is 0 Å². The molecule has 0 aromatic heterocycles. The van der Waals surface area contributed by atoms with Crippen molar-refractivity contribution in [1.82, 2.24) is 5.32 Å². The molecule has 86 valence electrons. The van der Waals surface area contributed by atoms with Crippen LogP contribution in [0.1, 0.15) is 30.6 Å². The van der Waals surface area contributed by atoms with Crippen LogP contribution < -0.4 is 10.1 Å². The number of hydrogen-bond acceptors (Lipinski definition) is 2. The van der Waals surface area contributed by atoms with Crippen LogP contribution in [0.3, 0.4) is 0 Å². The molecule has 16 heavy (non-hydrogen) atoms. The number of para-hydroxylation sites is 1. The third kappa shape index (κ3) is 2.35. The van der Waals surface area contributed by atoms with Crippen LogP contribution in [0, 0.1) is 5.92 Å². The Bertz CT molecular complexity index is 387. The number of rotatable bonds is 2. The lowest BCUT2D eigenvalue weighted by atomic mass is 10.0. The molecule has 1 aliphatic rings. The fourth-order valence-corrected chi connectivity index (χ4v) is 1.97. The predicted octanol–water partition coefficient (Wildman–Crippen LogP) is 2.22. The summed E-state index contributed by atoms with van der Waals surface area (Å²) in [5.41, 5.74) is 0.633. The summed E-state index contributed by atoms with van der Waals surface area (Å²) < 4.78 is 5.65. The number of ether oxygens (including phenoxy) is 1. The quantitative estimate of drug-likeness (QED) is 0.828. The van der Waals surface area contributed by atoms with E-state index in [1.165, 1.54) is 0 Å². The molecule has 3 heteroatoms. The number of hydrogen-bond donors (Lipinski definition) is 1. The van der Waals surface area contributed by atoms with Crippen LogP contribution in [0.25, 0.3) is 0 Å². The fraction of sp³-hybridized carbons (Fsp3) is 0.462. The molecule has 0 fully saturated rings. The Morgan fingerprint density at radius 1 is 1.44 bits per heavy atom.